The molecular weight excluding hydrogens is 246 g/mol. The van der Waals surface area contributed by atoms with E-state index in [1.807, 2.05) is 54.6 Å². The molecule has 0 fully saturated rings. The van der Waals surface area contributed by atoms with Gasteiger partial charge in [-0.1, -0.05) is 66.3 Å². The lowest BCUT2D eigenvalue weighted by atomic mass is 9.80. The lowest BCUT2D eigenvalue weighted by Crippen LogP contribution is -2.28. The largest absolute Gasteiger partial charge is 0.108 e. The summed E-state index contributed by atoms with van der Waals surface area (Å²) in [6, 6.07) is 9.70. The molecule has 0 heterocycles. The van der Waals surface area contributed by atoms with E-state index in [0.29, 0.717) is 5.70 Å². The zero-order valence-corrected chi connectivity index (χ0v) is 10.5. The van der Waals surface area contributed by atoms with Crippen LogP contribution >= 0.6 is 11.6 Å². The maximum atomic E-state index is 8.52. The number of azide groups is 1. The van der Waals surface area contributed by atoms with Crippen LogP contribution in [-0.2, 0) is 4.87 Å². The van der Waals surface area contributed by atoms with Crippen molar-refractivity contribution in [2.24, 2.45) is 11.0 Å². The average molecular weight is 258 g/mol. The second-order valence-corrected chi connectivity index (χ2v) is 4.66. The fourth-order valence-corrected chi connectivity index (χ4v) is 2.45. The Bertz CT molecular complexity index is 556. The van der Waals surface area contributed by atoms with Crippen LogP contribution in [0.2, 0.25) is 0 Å². The van der Waals surface area contributed by atoms with Gasteiger partial charge in [-0.15, -0.1) is 11.6 Å². The summed E-state index contributed by atoms with van der Waals surface area (Å²) >= 11 is 6.71. The number of allylic oxidation sites excluding steroid dienone is 4. The van der Waals surface area contributed by atoms with Crippen molar-refractivity contribution in [2.75, 3.05) is 0 Å². The van der Waals surface area contributed by atoms with Crippen LogP contribution in [0.3, 0.4) is 0 Å². The smallest absolute Gasteiger partial charge is 0.0979 e. The molecule has 0 aliphatic heterocycles. The van der Waals surface area contributed by atoms with Gasteiger partial charge in [0.05, 0.1) is 4.87 Å². The number of hydrogen-bond acceptors (Lipinski definition) is 1. The summed E-state index contributed by atoms with van der Waals surface area (Å²) in [5.74, 6) is -0.248. The van der Waals surface area contributed by atoms with Gasteiger partial charge < -0.3 is 0 Å². The van der Waals surface area contributed by atoms with Crippen LogP contribution in [0.25, 0.3) is 10.4 Å². The van der Waals surface area contributed by atoms with Crippen LogP contribution in [0.1, 0.15) is 5.56 Å². The van der Waals surface area contributed by atoms with Crippen molar-refractivity contribution >= 4 is 11.6 Å². The van der Waals surface area contributed by atoms with Crippen LogP contribution in [0, 0.1) is 5.92 Å². The molecule has 2 rings (SSSR count). The van der Waals surface area contributed by atoms with E-state index in [1.165, 1.54) is 0 Å². The van der Waals surface area contributed by atoms with Crippen LogP contribution < -0.4 is 0 Å². The van der Waals surface area contributed by atoms with Gasteiger partial charge in [-0.2, -0.15) is 0 Å². The minimum Gasteiger partial charge on any atom is -0.108 e. The Morgan fingerprint density at radius 2 is 2.06 bits per heavy atom. The Kier molecular flexibility index (Phi) is 3.56. The van der Waals surface area contributed by atoms with Gasteiger partial charge in [-0.3, -0.25) is 0 Å². The molecule has 3 nitrogen and oxygen atoms in total. The van der Waals surface area contributed by atoms with Gasteiger partial charge >= 0.3 is 0 Å². The molecule has 18 heavy (non-hydrogen) atoms. The Morgan fingerprint density at radius 3 is 2.72 bits per heavy atom. The number of benzene rings is 1. The Morgan fingerprint density at radius 1 is 1.33 bits per heavy atom. The minimum absolute atomic E-state index is 0.248. The molecule has 0 radical (unpaired) electrons. The summed E-state index contributed by atoms with van der Waals surface area (Å²) in [7, 11) is 0. The average Bonchev–Trinajstić information content (AvgIpc) is 2.40. The van der Waals surface area contributed by atoms with Gasteiger partial charge in [-0.25, -0.2) is 0 Å². The molecule has 0 N–H and O–H groups in total. The number of halogens is 1. The molecule has 1 aromatic rings. The summed E-state index contributed by atoms with van der Waals surface area (Å²) in [6.45, 7) is 3.80. The zero-order chi connectivity index (χ0) is 13.0. The fourth-order valence-electron chi connectivity index (χ4n) is 2.06. The van der Waals surface area contributed by atoms with Crippen LogP contribution in [-0.4, -0.2) is 0 Å². The van der Waals surface area contributed by atoms with Crippen molar-refractivity contribution < 1.29 is 0 Å². The van der Waals surface area contributed by atoms with Gasteiger partial charge in [0.15, 0.2) is 0 Å². The monoisotopic (exact) mass is 257 g/mol. The van der Waals surface area contributed by atoms with Gasteiger partial charge in [0.1, 0.15) is 0 Å². The Balaban J connectivity index is 2.46. The van der Waals surface area contributed by atoms with Gasteiger partial charge in [0, 0.05) is 16.5 Å². The molecule has 2 unspecified atom stereocenters. The highest BCUT2D eigenvalue weighted by Gasteiger charge is 2.37. The third-order valence-corrected chi connectivity index (χ3v) is 3.53. The topological polar surface area (TPSA) is 48.8 Å². The molecule has 1 aliphatic carbocycles. The second-order valence-electron chi connectivity index (χ2n) is 4.04. The zero-order valence-electron chi connectivity index (χ0n) is 9.70. The summed E-state index contributed by atoms with van der Waals surface area (Å²) in [5, 5.41) is 3.59. The Hall–Kier alpha value is -1.96. The lowest BCUT2D eigenvalue weighted by molar-refractivity contribution is 0.592. The van der Waals surface area contributed by atoms with E-state index in [0.717, 1.165) is 5.56 Å². The van der Waals surface area contributed by atoms with E-state index in [4.69, 9.17) is 17.1 Å². The maximum absolute atomic E-state index is 8.52. The van der Waals surface area contributed by atoms with Crippen LogP contribution in [0.15, 0.2) is 72.0 Å². The van der Waals surface area contributed by atoms with E-state index >= 15 is 0 Å². The number of rotatable bonds is 3. The summed E-state index contributed by atoms with van der Waals surface area (Å²) in [4.78, 5) is 2.03. The summed E-state index contributed by atoms with van der Waals surface area (Å²) in [6.07, 6.45) is 7.57. The van der Waals surface area contributed by atoms with Crippen LogP contribution in [0.5, 0.6) is 0 Å². The SMILES string of the molecule is C=C(N=[N+]=[N-])C1C=CC=CC1(Cl)c1ccccc1. The third kappa shape index (κ3) is 2.19. The Labute approximate surface area is 111 Å². The molecule has 4 heteroatoms. The lowest BCUT2D eigenvalue weighted by Gasteiger charge is -2.33. The molecule has 0 saturated heterocycles. The molecule has 90 valence electrons. The van der Waals surface area contributed by atoms with Crippen molar-refractivity contribution in [1.29, 1.82) is 0 Å². The van der Waals surface area contributed by atoms with E-state index in [2.05, 4.69) is 16.6 Å². The van der Waals surface area contributed by atoms with E-state index in [-0.39, 0.29) is 5.92 Å². The quantitative estimate of drug-likeness (QED) is 0.327. The van der Waals surface area contributed by atoms with E-state index < -0.39 is 4.87 Å². The van der Waals surface area contributed by atoms with Crippen molar-refractivity contribution in [3.05, 3.63) is 82.9 Å². The van der Waals surface area contributed by atoms with Gasteiger partial charge in [0.2, 0.25) is 0 Å². The molecule has 1 aliphatic rings. The van der Waals surface area contributed by atoms with Crippen LogP contribution in [0.4, 0.5) is 0 Å². The first-order chi connectivity index (χ1) is 8.68. The van der Waals surface area contributed by atoms with Crippen molar-refractivity contribution in [1.82, 2.24) is 0 Å². The van der Waals surface area contributed by atoms with Gasteiger partial charge in [0.25, 0.3) is 0 Å². The molecule has 0 saturated carbocycles. The fraction of sp³-hybridized carbons (Fsp3) is 0.143. The summed E-state index contributed by atoms with van der Waals surface area (Å²) < 4.78 is 0. The van der Waals surface area contributed by atoms with E-state index in [9.17, 15) is 0 Å². The van der Waals surface area contributed by atoms with Crippen molar-refractivity contribution in [2.45, 2.75) is 4.87 Å². The van der Waals surface area contributed by atoms with E-state index in [1.54, 1.807) is 0 Å². The second kappa shape index (κ2) is 5.13. The van der Waals surface area contributed by atoms with Crippen molar-refractivity contribution in [3.8, 4) is 0 Å². The maximum Gasteiger partial charge on any atom is 0.0979 e. The normalized spacial score (nSPS) is 25.5. The standard InChI is InChI=1S/C14H12ClN3/c1-11(17-18-16)13-9-5-6-10-14(13,15)12-7-3-2-4-8-12/h2-10,13H,1H2. The molecule has 1 aromatic carbocycles. The number of hydrogen-bond donors (Lipinski definition) is 0. The third-order valence-electron chi connectivity index (χ3n) is 2.95. The summed E-state index contributed by atoms with van der Waals surface area (Å²) in [5.41, 5.74) is 9.88. The minimum atomic E-state index is -0.749. The molecule has 0 spiro atoms. The van der Waals surface area contributed by atoms with Gasteiger partial charge in [-0.05, 0) is 11.1 Å². The molecule has 0 aromatic heterocycles. The first-order valence-corrected chi connectivity index (χ1v) is 5.90. The van der Waals surface area contributed by atoms with Crippen molar-refractivity contribution in [3.63, 3.8) is 0 Å². The molecular formula is C14H12ClN3. The number of nitrogens with zero attached hydrogens (tertiary/aromatic N) is 3. The highest BCUT2D eigenvalue weighted by Crippen LogP contribution is 2.44. The predicted molar refractivity (Wildman–Crippen MR) is 74.0 cm³/mol. The first-order valence-electron chi connectivity index (χ1n) is 5.53. The predicted octanol–water partition coefficient (Wildman–Crippen LogP) is 4.69. The first kappa shape index (κ1) is 12.5. The number of alkyl halides is 1. The molecule has 2 atom stereocenters. The highest BCUT2D eigenvalue weighted by atomic mass is 35.5. The molecule has 0 amide bonds. The molecule has 0 bridgehead atoms. The highest BCUT2D eigenvalue weighted by molar-refractivity contribution is 6.26.